The van der Waals surface area contributed by atoms with E-state index >= 15 is 0 Å². The zero-order chi connectivity index (χ0) is 11.8. The molecule has 2 heteroatoms. The van der Waals surface area contributed by atoms with Gasteiger partial charge in [0.15, 0.2) is 0 Å². The Bertz CT molecular complexity index is 281. The fourth-order valence-electron chi connectivity index (χ4n) is 1.62. The quantitative estimate of drug-likeness (QED) is 0.718. The van der Waals surface area contributed by atoms with Gasteiger partial charge in [0, 0.05) is 6.54 Å². The van der Waals surface area contributed by atoms with Gasteiger partial charge in [0.1, 0.15) is 0 Å². The summed E-state index contributed by atoms with van der Waals surface area (Å²) in [6, 6.07) is 8.86. The number of rotatable bonds is 7. The molecule has 0 aliphatic rings. The van der Waals surface area contributed by atoms with Gasteiger partial charge in [-0.2, -0.15) is 0 Å². The Morgan fingerprint density at radius 3 is 2.44 bits per heavy atom. The molecule has 0 amide bonds. The van der Waals surface area contributed by atoms with Crippen LogP contribution < -0.4 is 5.73 Å². The Hall–Kier alpha value is -0.860. The summed E-state index contributed by atoms with van der Waals surface area (Å²) in [6.45, 7) is 6.51. The van der Waals surface area contributed by atoms with Gasteiger partial charge in [-0.25, -0.2) is 0 Å². The summed E-state index contributed by atoms with van der Waals surface area (Å²) in [7, 11) is 0. The third-order valence-corrected chi connectivity index (χ3v) is 2.96. The van der Waals surface area contributed by atoms with E-state index in [4.69, 9.17) is 10.5 Å². The summed E-state index contributed by atoms with van der Waals surface area (Å²) < 4.78 is 5.36. The number of ether oxygens (including phenoxy) is 1. The van der Waals surface area contributed by atoms with Crippen LogP contribution in [0.1, 0.15) is 37.3 Å². The molecule has 1 aromatic carbocycles. The van der Waals surface area contributed by atoms with Crippen LogP contribution in [-0.2, 0) is 11.2 Å². The summed E-state index contributed by atoms with van der Waals surface area (Å²) in [6.07, 6.45) is 2.17. The van der Waals surface area contributed by atoms with E-state index in [9.17, 15) is 0 Å². The van der Waals surface area contributed by atoms with Crippen molar-refractivity contribution in [2.75, 3.05) is 19.8 Å². The van der Waals surface area contributed by atoms with E-state index in [1.807, 2.05) is 0 Å². The average molecular weight is 221 g/mol. The molecule has 0 saturated heterocycles. The minimum atomic E-state index is 0.604. The van der Waals surface area contributed by atoms with Crippen LogP contribution in [0.2, 0.25) is 0 Å². The van der Waals surface area contributed by atoms with Gasteiger partial charge in [-0.05, 0) is 29.9 Å². The fraction of sp³-hybridized carbons (Fsp3) is 0.571. The molecule has 1 rings (SSSR count). The van der Waals surface area contributed by atoms with Crippen molar-refractivity contribution in [1.29, 1.82) is 0 Å². The van der Waals surface area contributed by atoms with Crippen molar-refractivity contribution in [2.24, 2.45) is 5.73 Å². The average Bonchev–Trinajstić information content (AvgIpc) is 2.34. The molecular formula is C14H23NO. The first kappa shape index (κ1) is 13.2. The molecule has 0 saturated carbocycles. The second-order valence-electron chi connectivity index (χ2n) is 4.20. The Kier molecular flexibility index (Phi) is 6.12. The van der Waals surface area contributed by atoms with Crippen molar-refractivity contribution in [1.82, 2.24) is 0 Å². The first-order chi connectivity index (χ1) is 7.77. The number of nitrogens with two attached hydrogens (primary N) is 1. The molecule has 0 bridgehead atoms. The molecule has 0 aliphatic carbocycles. The highest BCUT2D eigenvalue weighted by molar-refractivity contribution is 5.25. The monoisotopic (exact) mass is 221 g/mol. The van der Waals surface area contributed by atoms with Gasteiger partial charge in [-0.1, -0.05) is 38.1 Å². The van der Waals surface area contributed by atoms with Crippen LogP contribution in [-0.4, -0.2) is 19.8 Å². The molecule has 1 aromatic rings. The third-order valence-electron chi connectivity index (χ3n) is 2.96. The molecular weight excluding hydrogens is 198 g/mol. The van der Waals surface area contributed by atoms with Crippen molar-refractivity contribution < 1.29 is 4.74 Å². The Balaban J connectivity index is 2.39. The Morgan fingerprint density at radius 1 is 1.19 bits per heavy atom. The zero-order valence-electron chi connectivity index (χ0n) is 10.4. The van der Waals surface area contributed by atoms with Crippen LogP contribution in [0.3, 0.4) is 0 Å². The summed E-state index contributed by atoms with van der Waals surface area (Å²) >= 11 is 0. The SMILES string of the molecule is CCC(C)c1ccc(CCOCCN)cc1. The van der Waals surface area contributed by atoms with Crippen molar-refractivity contribution in [3.8, 4) is 0 Å². The largest absolute Gasteiger partial charge is 0.380 e. The molecule has 0 radical (unpaired) electrons. The van der Waals surface area contributed by atoms with Gasteiger partial charge < -0.3 is 10.5 Å². The van der Waals surface area contributed by atoms with Crippen LogP contribution >= 0.6 is 0 Å². The van der Waals surface area contributed by atoms with E-state index in [0.717, 1.165) is 13.0 Å². The van der Waals surface area contributed by atoms with Gasteiger partial charge in [0.05, 0.1) is 13.2 Å². The predicted octanol–water partition coefficient (Wildman–Crippen LogP) is 2.72. The summed E-state index contributed by atoms with van der Waals surface area (Å²) in [5.41, 5.74) is 8.11. The second kappa shape index (κ2) is 7.42. The molecule has 16 heavy (non-hydrogen) atoms. The molecule has 90 valence electrons. The lowest BCUT2D eigenvalue weighted by molar-refractivity contribution is 0.145. The first-order valence-electron chi connectivity index (χ1n) is 6.14. The van der Waals surface area contributed by atoms with E-state index < -0.39 is 0 Å². The van der Waals surface area contributed by atoms with Gasteiger partial charge in [0.25, 0.3) is 0 Å². The lowest BCUT2D eigenvalue weighted by Gasteiger charge is -2.09. The van der Waals surface area contributed by atoms with Crippen molar-refractivity contribution >= 4 is 0 Å². The van der Waals surface area contributed by atoms with E-state index in [0.29, 0.717) is 19.1 Å². The van der Waals surface area contributed by atoms with Crippen molar-refractivity contribution in [2.45, 2.75) is 32.6 Å². The van der Waals surface area contributed by atoms with E-state index in [2.05, 4.69) is 38.1 Å². The van der Waals surface area contributed by atoms with Crippen molar-refractivity contribution in [3.63, 3.8) is 0 Å². The van der Waals surface area contributed by atoms with Gasteiger partial charge in [0.2, 0.25) is 0 Å². The van der Waals surface area contributed by atoms with Crippen LogP contribution in [0, 0.1) is 0 Å². The van der Waals surface area contributed by atoms with Crippen LogP contribution in [0.4, 0.5) is 0 Å². The topological polar surface area (TPSA) is 35.2 Å². The molecule has 1 atom stereocenters. The van der Waals surface area contributed by atoms with Crippen molar-refractivity contribution in [3.05, 3.63) is 35.4 Å². The normalized spacial score (nSPS) is 12.7. The highest BCUT2D eigenvalue weighted by Crippen LogP contribution is 2.18. The molecule has 0 spiro atoms. The third kappa shape index (κ3) is 4.33. The first-order valence-corrected chi connectivity index (χ1v) is 6.14. The number of benzene rings is 1. The summed E-state index contributed by atoms with van der Waals surface area (Å²) in [4.78, 5) is 0. The predicted molar refractivity (Wildman–Crippen MR) is 68.7 cm³/mol. The van der Waals surface area contributed by atoms with Gasteiger partial charge in [-0.3, -0.25) is 0 Å². The summed E-state index contributed by atoms with van der Waals surface area (Å²) in [5, 5.41) is 0. The lowest BCUT2D eigenvalue weighted by atomic mass is 9.97. The maximum Gasteiger partial charge on any atom is 0.0588 e. The zero-order valence-corrected chi connectivity index (χ0v) is 10.4. The minimum absolute atomic E-state index is 0.604. The van der Waals surface area contributed by atoms with Gasteiger partial charge >= 0.3 is 0 Å². The highest BCUT2D eigenvalue weighted by Gasteiger charge is 2.02. The molecule has 0 fully saturated rings. The maximum absolute atomic E-state index is 5.36. The molecule has 1 unspecified atom stereocenters. The lowest BCUT2D eigenvalue weighted by Crippen LogP contribution is -2.10. The molecule has 2 nitrogen and oxygen atoms in total. The number of hydrogen-bond donors (Lipinski definition) is 1. The van der Waals surface area contributed by atoms with E-state index in [1.54, 1.807) is 0 Å². The number of hydrogen-bond acceptors (Lipinski definition) is 2. The van der Waals surface area contributed by atoms with Crippen LogP contribution in [0.25, 0.3) is 0 Å². The van der Waals surface area contributed by atoms with E-state index in [1.165, 1.54) is 17.5 Å². The second-order valence-corrected chi connectivity index (χ2v) is 4.20. The molecule has 0 heterocycles. The Labute approximate surface area is 98.8 Å². The van der Waals surface area contributed by atoms with Gasteiger partial charge in [-0.15, -0.1) is 0 Å². The highest BCUT2D eigenvalue weighted by atomic mass is 16.5. The smallest absolute Gasteiger partial charge is 0.0588 e. The van der Waals surface area contributed by atoms with Crippen LogP contribution in [0.15, 0.2) is 24.3 Å². The Morgan fingerprint density at radius 2 is 1.88 bits per heavy atom. The standard InChI is InChI=1S/C14H23NO/c1-3-12(2)14-6-4-13(5-7-14)8-10-16-11-9-15/h4-7,12H,3,8-11,15H2,1-2H3. The van der Waals surface area contributed by atoms with Crippen LogP contribution in [0.5, 0.6) is 0 Å². The molecule has 2 N–H and O–H groups in total. The molecule has 0 aliphatic heterocycles. The fourth-order valence-corrected chi connectivity index (χ4v) is 1.62. The summed E-state index contributed by atoms with van der Waals surface area (Å²) in [5.74, 6) is 0.655. The molecule has 0 aromatic heterocycles. The maximum atomic E-state index is 5.36. The van der Waals surface area contributed by atoms with E-state index in [-0.39, 0.29) is 0 Å². The minimum Gasteiger partial charge on any atom is -0.380 e.